The third-order valence-electron chi connectivity index (χ3n) is 5.55. The Kier molecular flexibility index (Phi) is 6.35. The molecular formula is C23H33N5O3. The fraction of sp³-hybridized carbons (Fsp3) is 0.609. The number of anilines is 1. The van der Waals surface area contributed by atoms with Crippen LogP contribution >= 0.6 is 0 Å². The Morgan fingerprint density at radius 3 is 2.58 bits per heavy atom. The van der Waals surface area contributed by atoms with Crippen LogP contribution in [0.25, 0.3) is 0 Å². The van der Waals surface area contributed by atoms with E-state index < -0.39 is 5.60 Å². The van der Waals surface area contributed by atoms with Crippen LogP contribution in [0.5, 0.6) is 5.75 Å². The van der Waals surface area contributed by atoms with Gasteiger partial charge < -0.3 is 24.2 Å². The number of likely N-dealkylation sites (tertiary alicyclic amines) is 1. The number of carbonyl (C=O) groups excluding carboxylic acids is 1. The molecule has 0 radical (unpaired) electrons. The maximum absolute atomic E-state index is 12.5. The Balaban J connectivity index is 1.75. The molecule has 3 rings (SSSR count). The summed E-state index contributed by atoms with van der Waals surface area (Å²) in [5.74, 6) is 0.694. The minimum Gasteiger partial charge on any atom is -0.495 e. The summed E-state index contributed by atoms with van der Waals surface area (Å²) in [7, 11) is 5.39. The highest BCUT2D eigenvalue weighted by Crippen LogP contribution is 2.45. The fourth-order valence-electron chi connectivity index (χ4n) is 4.22. The molecule has 0 atom stereocenters. The molecule has 1 amide bonds. The molecule has 0 aromatic heterocycles. The quantitative estimate of drug-likeness (QED) is 0.539. The maximum atomic E-state index is 12.5. The van der Waals surface area contributed by atoms with Crippen molar-refractivity contribution >= 4 is 23.8 Å². The van der Waals surface area contributed by atoms with Crippen molar-refractivity contribution in [2.24, 2.45) is 10.4 Å². The van der Waals surface area contributed by atoms with E-state index in [4.69, 9.17) is 9.47 Å². The van der Waals surface area contributed by atoms with Gasteiger partial charge in [0.1, 0.15) is 17.4 Å². The van der Waals surface area contributed by atoms with Crippen LogP contribution in [-0.4, -0.2) is 75.2 Å². The van der Waals surface area contributed by atoms with Gasteiger partial charge in [-0.05, 0) is 39.7 Å². The first-order valence-corrected chi connectivity index (χ1v) is 10.6. The molecule has 8 nitrogen and oxygen atoms in total. The predicted octanol–water partition coefficient (Wildman–Crippen LogP) is 3.63. The molecule has 168 valence electrons. The summed E-state index contributed by atoms with van der Waals surface area (Å²) in [5.41, 5.74) is 1.54. The van der Waals surface area contributed by atoms with Crippen molar-refractivity contribution in [1.82, 2.24) is 9.80 Å². The molecule has 0 aliphatic carbocycles. The highest BCUT2D eigenvalue weighted by atomic mass is 16.6. The van der Waals surface area contributed by atoms with Gasteiger partial charge in [-0.3, -0.25) is 0 Å². The molecule has 8 heteroatoms. The number of ether oxygens (including phenoxy) is 2. The molecule has 1 aromatic rings. The van der Waals surface area contributed by atoms with Crippen LogP contribution in [0.2, 0.25) is 0 Å². The van der Waals surface area contributed by atoms with E-state index in [9.17, 15) is 10.1 Å². The van der Waals surface area contributed by atoms with Gasteiger partial charge in [0, 0.05) is 51.8 Å². The highest BCUT2D eigenvalue weighted by Gasteiger charge is 2.47. The number of rotatable bonds is 4. The Bertz CT molecular complexity index is 892. The number of methoxy groups -OCH3 is 1. The van der Waals surface area contributed by atoms with Gasteiger partial charge in [-0.15, -0.1) is 0 Å². The molecule has 2 saturated heterocycles. The van der Waals surface area contributed by atoms with Crippen LogP contribution < -0.4 is 9.64 Å². The van der Waals surface area contributed by atoms with Crippen LogP contribution in [-0.2, 0) is 4.74 Å². The number of nitriles is 1. The topological polar surface area (TPSA) is 81.4 Å². The minimum absolute atomic E-state index is 0.0503. The second kappa shape index (κ2) is 8.66. The third-order valence-corrected chi connectivity index (χ3v) is 5.55. The van der Waals surface area contributed by atoms with E-state index in [0.717, 1.165) is 38.2 Å². The van der Waals surface area contributed by atoms with Crippen LogP contribution in [0.3, 0.4) is 0 Å². The molecule has 0 N–H and O–H groups in total. The van der Waals surface area contributed by atoms with Gasteiger partial charge >= 0.3 is 6.09 Å². The van der Waals surface area contributed by atoms with Crippen molar-refractivity contribution in [2.75, 3.05) is 52.3 Å². The molecule has 2 heterocycles. The number of hydrogen-bond donors (Lipinski definition) is 0. The van der Waals surface area contributed by atoms with Crippen LogP contribution in [0, 0.1) is 16.7 Å². The molecule has 2 aliphatic rings. The van der Waals surface area contributed by atoms with Crippen molar-refractivity contribution in [1.29, 1.82) is 5.26 Å². The first kappa shape index (κ1) is 22.7. The minimum atomic E-state index is -0.495. The van der Waals surface area contributed by atoms with Crippen molar-refractivity contribution < 1.29 is 14.3 Å². The van der Waals surface area contributed by atoms with Gasteiger partial charge in [0.15, 0.2) is 0 Å². The summed E-state index contributed by atoms with van der Waals surface area (Å²) in [6, 6.07) is 5.91. The lowest BCUT2D eigenvalue weighted by Gasteiger charge is -2.55. The van der Waals surface area contributed by atoms with E-state index in [1.54, 1.807) is 13.4 Å². The zero-order valence-corrected chi connectivity index (χ0v) is 19.4. The number of carbonyl (C=O) groups is 1. The number of piperidine rings is 1. The van der Waals surface area contributed by atoms with E-state index in [1.807, 2.05) is 56.8 Å². The first-order valence-electron chi connectivity index (χ1n) is 10.6. The standard InChI is InChI=1S/C23H33N5O3/c1-22(2,3)31-21(29)27-9-7-8-23(13-27)14-28(15-23)19-10-17(12-24)18(11-20(19)30-6)25-16-26(4)5/h10-11,16H,7-9,13-15H2,1-6H3. The van der Waals surface area contributed by atoms with Crippen molar-refractivity contribution in [3.8, 4) is 11.8 Å². The van der Waals surface area contributed by atoms with Gasteiger partial charge in [0.2, 0.25) is 0 Å². The summed E-state index contributed by atoms with van der Waals surface area (Å²) >= 11 is 0. The Labute approximate surface area is 185 Å². The zero-order chi connectivity index (χ0) is 22.8. The van der Waals surface area contributed by atoms with Gasteiger partial charge in [0.25, 0.3) is 0 Å². The summed E-state index contributed by atoms with van der Waals surface area (Å²) in [5, 5.41) is 9.62. The molecule has 31 heavy (non-hydrogen) atoms. The number of hydrogen-bond acceptors (Lipinski definition) is 6. The lowest BCUT2D eigenvalue weighted by atomic mass is 9.73. The van der Waals surface area contributed by atoms with Crippen LogP contribution in [0.15, 0.2) is 17.1 Å². The van der Waals surface area contributed by atoms with Crippen molar-refractivity contribution in [2.45, 2.75) is 39.2 Å². The molecule has 2 aliphatic heterocycles. The van der Waals surface area contributed by atoms with E-state index >= 15 is 0 Å². The lowest BCUT2D eigenvalue weighted by Crippen LogP contribution is -2.64. The van der Waals surface area contributed by atoms with E-state index in [0.29, 0.717) is 23.5 Å². The van der Waals surface area contributed by atoms with E-state index in [2.05, 4.69) is 16.0 Å². The fourth-order valence-corrected chi connectivity index (χ4v) is 4.22. The molecule has 1 spiro atoms. The maximum Gasteiger partial charge on any atom is 0.410 e. The molecule has 0 bridgehead atoms. The zero-order valence-electron chi connectivity index (χ0n) is 19.4. The van der Waals surface area contributed by atoms with Crippen molar-refractivity contribution in [3.63, 3.8) is 0 Å². The lowest BCUT2D eigenvalue weighted by molar-refractivity contribution is -0.00151. The highest BCUT2D eigenvalue weighted by molar-refractivity contribution is 5.74. The molecule has 0 saturated carbocycles. The predicted molar refractivity (Wildman–Crippen MR) is 121 cm³/mol. The van der Waals surface area contributed by atoms with E-state index in [-0.39, 0.29) is 11.5 Å². The summed E-state index contributed by atoms with van der Waals surface area (Å²) in [6.07, 6.45) is 3.46. The molecule has 0 unspecified atom stereocenters. The first-order chi connectivity index (χ1) is 14.6. The number of benzene rings is 1. The Morgan fingerprint density at radius 1 is 1.29 bits per heavy atom. The van der Waals surface area contributed by atoms with Gasteiger partial charge in [-0.2, -0.15) is 5.26 Å². The van der Waals surface area contributed by atoms with Crippen LogP contribution in [0.4, 0.5) is 16.2 Å². The smallest absolute Gasteiger partial charge is 0.410 e. The summed E-state index contributed by atoms with van der Waals surface area (Å²) < 4.78 is 11.2. The summed E-state index contributed by atoms with van der Waals surface area (Å²) in [6.45, 7) is 8.72. The normalized spacial score (nSPS) is 18.0. The third kappa shape index (κ3) is 5.22. The molecule has 1 aromatic carbocycles. The van der Waals surface area contributed by atoms with Crippen LogP contribution in [0.1, 0.15) is 39.2 Å². The molecule has 2 fully saturated rings. The number of aliphatic imine (C=N–C) groups is 1. The Hall–Kier alpha value is -2.95. The number of amides is 1. The van der Waals surface area contributed by atoms with Gasteiger partial charge in [0.05, 0.1) is 30.4 Å². The summed E-state index contributed by atoms with van der Waals surface area (Å²) in [4.78, 5) is 22.8. The SMILES string of the molecule is COc1cc(N=CN(C)C)c(C#N)cc1N1CC2(CCCN(C(=O)OC(C)(C)C)C2)C1. The Morgan fingerprint density at radius 2 is 2.00 bits per heavy atom. The largest absolute Gasteiger partial charge is 0.495 e. The molecular weight excluding hydrogens is 394 g/mol. The van der Waals surface area contributed by atoms with E-state index in [1.165, 1.54) is 0 Å². The monoisotopic (exact) mass is 427 g/mol. The number of nitrogens with zero attached hydrogens (tertiary/aromatic N) is 5. The average molecular weight is 428 g/mol. The van der Waals surface area contributed by atoms with Gasteiger partial charge in [-0.25, -0.2) is 9.79 Å². The average Bonchev–Trinajstić information content (AvgIpc) is 2.68. The van der Waals surface area contributed by atoms with Gasteiger partial charge in [-0.1, -0.05) is 0 Å². The second-order valence-corrected chi connectivity index (χ2v) is 9.72. The van der Waals surface area contributed by atoms with Crippen molar-refractivity contribution in [3.05, 3.63) is 17.7 Å². The second-order valence-electron chi connectivity index (χ2n) is 9.72.